The lowest BCUT2D eigenvalue weighted by Gasteiger charge is -2.05. The Labute approximate surface area is 121 Å². The minimum Gasteiger partial charge on any atom is -0.321 e. The van der Waals surface area contributed by atoms with E-state index in [0.29, 0.717) is 10.9 Å². The van der Waals surface area contributed by atoms with E-state index in [4.69, 9.17) is 0 Å². The van der Waals surface area contributed by atoms with Crippen LogP contribution in [0.3, 0.4) is 0 Å². The first-order valence-electron chi connectivity index (χ1n) is 6.75. The number of nitrogens with zero attached hydrogens (tertiary/aromatic N) is 3. The summed E-state index contributed by atoms with van der Waals surface area (Å²) in [5.74, 6) is 0. The van der Waals surface area contributed by atoms with Gasteiger partial charge in [0.25, 0.3) is 5.56 Å². The van der Waals surface area contributed by atoms with Gasteiger partial charge in [0.2, 0.25) is 0 Å². The molecule has 2 heterocycles. The molecular formula is C16H17N3O2. The van der Waals surface area contributed by atoms with Crippen molar-refractivity contribution in [3.8, 4) is 5.69 Å². The molecule has 0 unspecified atom stereocenters. The first-order valence-corrected chi connectivity index (χ1v) is 6.75. The maximum Gasteiger partial charge on any atom is 0.330 e. The molecule has 21 heavy (non-hydrogen) atoms. The van der Waals surface area contributed by atoms with E-state index < -0.39 is 0 Å². The van der Waals surface area contributed by atoms with Crippen LogP contribution in [0, 0.1) is 13.8 Å². The van der Waals surface area contributed by atoms with E-state index in [1.165, 1.54) is 11.6 Å². The van der Waals surface area contributed by atoms with Crippen LogP contribution >= 0.6 is 0 Å². The standard InChI is InChI=1S/C16H17N3O2/c1-10-5-11(2)7-12(6-10)19-8-13-14(9-19)17(3)16(21)18(4)15(13)20/h5-9H,1-4H3. The van der Waals surface area contributed by atoms with Crippen molar-refractivity contribution < 1.29 is 0 Å². The number of benzene rings is 1. The summed E-state index contributed by atoms with van der Waals surface area (Å²) in [7, 11) is 3.17. The summed E-state index contributed by atoms with van der Waals surface area (Å²) in [5, 5.41) is 0.541. The summed E-state index contributed by atoms with van der Waals surface area (Å²) in [4.78, 5) is 24.2. The molecule has 3 rings (SSSR count). The van der Waals surface area contributed by atoms with Gasteiger partial charge >= 0.3 is 5.69 Å². The molecule has 0 N–H and O–H groups in total. The number of fused-ring (bicyclic) bond motifs is 1. The molecule has 3 aromatic rings. The highest BCUT2D eigenvalue weighted by Crippen LogP contribution is 2.17. The SMILES string of the molecule is Cc1cc(C)cc(-n2cc3c(=O)n(C)c(=O)n(C)c3c2)c1. The van der Waals surface area contributed by atoms with Crippen molar-refractivity contribution in [1.29, 1.82) is 0 Å². The van der Waals surface area contributed by atoms with E-state index in [9.17, 15) is 9.59 Å². The lowest BCUT2D eigenvalue weighted by molar-refractivity contribution is 0.714. The molecule has 0 amide bonds. The molecule has 0 aliphatic carbocycles. The largest absolute Gasteiger partial charge is 0.330 e. The fraction of sp³-hybridized carbons (Fsp3) is 0.250. The van der Waals surface area contributed by atoms with E-state index >= 15 is 0 Å². The Balaban J connectivity index is 2.37. The summed E-state index contributed by atoms with van der Waals surface area (Å²) < 4.78 is 4.52. The summed E-state index contributed by atoms with van der Waals surface area (Å²) in [6.07, 6.45) is 3.61. The van der Waals surface area contributed by atoms with E-state index in [0.717, 1.165) is 21.4 Å². The molecule has 0 saturated carbocycles. The van der Waals surface area contributed by atoms with Gasteiger partial charge in [-0.2, -0.15) is 0 Å². The maximum atomic E-state index is 12.2. The minimum absolute atomic E-state index is 0.267. The zero-order valence-corrected chi connectivity index (χ0v) is 12.5. The van der Waals surface area contributed by atoms with Crippen LogP contribution in [-0.4, -0.2) is 13.7 Å². The number of hydrogen-bond acceptors (Lipinski definition) is 2. The van der Waals surface area contributed by atoms with Gasteiger partial charge in [0.05, 0.1) is 10.9 Å². The molecular weight excluding hydrogens is 266 g/mol. The van der Waals surface area contributed by atoms with Crippen LogP contribution in [0.1, 0.15) is 11.1 Å². The summed E-state index contributed by atoms with van der Waals surface area (Å²) in [6.45, 7) is 4.07. The Kier molecular flexibility index (Phi) is 2.86. The van der Waals surface area contributed by atoms with Crippen molar-refractivity contribution in [2.45, 2.75) is 13.8 Å². The van der Waals surface area contributed by atoms with Gasteiger partial charge in [0.1, 0.15) is 0 Å². The maximum absolute atomic E-state index is 12.2. The van der Waals surface area contributed by atoms with E-state index in [1.807, 2.05) is 24.6 Å². The van der Waals surface area contributed by atoms with Crippen LogP contribution in [-0.2, 0) is 14.1 Å². The quantitative estimate of drug-likeness (QED) is 0.682. The van der Waals surface area contributed by atoms with Gasteiger partial charge in [-0.05, 0) is 37.1 Å². The Morgan fingerprint density at radius 2 is 1.48 bits per heavy atom. The molecule has 0 fully saturated rings. The van der Waals surface area contributed by atoms with E-state index in [-0.39, 0.29) is 11.2 Å². The molecule has 2 aromatic heterocycles. The molecule has 0 saturated heterocycles. The van der Waals surface area contributed by atoms with Crippen molar-refractivity contribution in [1.82, 2.24) is 13.7 Å². The monoisotopic (exact) mass is 283 g/mol. The Morgan fingerprint density at radius 3 is 2.10 bits per heavy atom. The van der Waals surface area contributed by atoms with E-state index in [1.54, 1.807) is 13.2 Å². The molecule has 5 heteroatoms. The van der Waals surface area contributed by atoms with Gasteiger partial charge in [0, 0.05) is 32.2 Å². The number of hydrogen-bond donors (Lipinski definition) is 0. The second-order valence-electron chi connectivity index (χ2n) is 5.52. The Hall–Kier alpha value is -2.56. The van der Waals surface area contributed by atoms with Crippen molar-refractivity contribution >= 4 is 10.9 Å². The van der Waals surface area contributed by atoms with Crippen LogP contribution in [0.2, 0.25) is 0 Å². The van der Waals surface area contributed by atoms with Gasteiger partial charge in [-0.15, -0.1) is 0 Å². The molecule has 0 aliphatic heterocycles. The fourth-order valence-corrected chi connectivity index (χ4v) is 2.72. The van der Waals surface area contributed by atoms with Crippen LogP contribution in [0.25, 0.3) is 16.6 Å². The molecule has 5 nitrogen and oxygen atoms in total. The smallest absolute Gasteiger partial charge is 0.321 e. The highest BCUT2D eigenvalue weighted by atomic mass is 16.2. The zero-order chi connectivity index (χ0) is 15.3. The predicted octanol–water partition coefficient (Wildman–Crippen LogP) is 1.64. The van der Waals surface area contributed by atoms with Crippen molar-refractivity contribution in [3.63, 3.8) is 0 Å². The molecule has 0 spiro atoms. The van der Waals surface area contributed by atoms with Crippen molar-refractivity contribution in [2.24, 2.45) is 14.1 Å². The molecule has 0 radical (unpaired) electrons. The first kappa shape index (κ1) is 13.4. The molecule has 108 valence electrons. The molecule has 1 aromatic carbocycles. The average molecular weight is 283 g/mol. The topological polar surface area (TPSA) is 48.9 Å². The third kappa shape index (κ3) is 2.01. The van der Waals surface area contributed by atoms with Gasteiger partial charge in [-0.1, -0.05) is 6.07 Å². The summed E-state index contributed by atoms with van der Waals surface area (Å²) in [6, 6.07) is 6.20. The highest BCUT2D eigenvalue weighted by Gasteiger charge is 2.11. The minimum atomic E-state index is -0.314. The van der Waals surface area contributed by atoms with Gasteiger partial charge in [0.15, 0.2) is 0 Å². The van der Waals surface area contributed by atoms with Crippen molar-refractivity contribution in [2.75, 3.05) is 0 Å². The Bertz CT molecular complexity index is 953. The zero-order valence-electron chi connectivity index (χ0n) is 12.5. The van der Waals surface area contributed by atoms with Crippen LogP contribution in [0.4, 0.5) is 0 Å². The third-order valence-corrected chi connectivity index (χ3v) is 3.78. The normalized spacial score (nSPS) is 11.2. The molecule has 0 bridgehead atoms. The lowest BCUT2D eigenvalue weighted by atomic mass is 10.1. The number of aryl methyl sites for hydroxylation is 3. The summed E-state index contributed by atoms with van der Waals surface area (Å²) >= 11 is 0. The Morgan fingerprint density at radius 1 is 0.857 bits per heavy atom. The van der Waals surface area contributed by atoms with Crippen LogP contribution < -0.4 is 11.2 Å². The highest BCUT2D eigenvalue weighted by molar-refractivity contribution is 5.78. The second-order valence-corrected chi connectivity index (χ2v) is 5.52. The molecule has 0 aliphatic rings. The van der Waals surface area contributed by atoms with Gasteiger partial charge < -0.3 is 4.57 Å². The number of rotatable bonds is 1. The van der Waals surface area contributed by atoms with Crippen LogP contribution in [0.15, 0.2) is 40.2 Å². The lowest BCUT2D eigenvalue weighted by Crippen LogP contribution is -2.36. The van der Waals surface area contributed by atoms with Gasteiger partial charge in [-0.25, -0.2) is 4.79 Å². The molecule has 0 atom stereocenters. The van der Waals surface area contributed by atoms with Crippen molar-refractivity contribution in [3.05, 3.63) is 62.6 Å². The van der Waals surface area contributed by atoms with Gasteiger partial charge in [-0.3, -0.25) is 13.9 Å². The van der Waals surface area contributed by atoms with Crippen LogP contribution in [0.5, 0.6) is 0 Å². The predicted molar refractivity (Wildman–Crippen MR) is 83.2 cm³/mol. The average Bonchev–Trinajstić information content (AvgIpc) is 2.87. The third-order valence-electron chi connectivity index (χ3n) is 3.78. The fourth-order valence-electron chi connectivity index (χ4n) is 2.72. The first-order chi connectivity index (χ1) is 9.88. The second kappa shape index (κ2) is 4.48. The number of aromatic nitrogens is 3. The van der Waals surface area contributed by atoms with E-state index in [2.05, 4.69) is 18.2 Å². The summed E-state index contributed by atoms with van der Waals surface area (Å²) in [5.41, 5.74) is 3.36.